The topological polar surface area (TPSA) is 89.7 Å². The lowest BCUT2D eigenvalue weighted by Crippen LogP contribution is -2.41. The number of methoxy groups -OCH3 is 1. The van der Waals surface area contributed by atoms with Crippen LogP contribution in [-0.2, 0) is 19.1 Å². The van der Waals surface area contributed by atoms with E-state index >= 15 is 0 Å². The molecule has 0 unspecified atom stereocenters. The average Bonchev–Trinajstić information content (AvgIpc) is 2.35. The maximum absolute atomic E-state index is 11.7. The van der Waals surface area contributed by atoms with Gasteiger partial charge in [-0.15, -0.1) is 0 Å². The minimum atomic E-state index is -0.384. The van der Waals surface area contributed by atoms with Crippen molar-refractivity contribution in [1.29, 1.82) is 0 Å². The van der Waals surface area contributed by atoms with E-state index in [4.69, 9.17) is 5.73 Å². The number of amides is 2. The third-order valence-corrected chi connectivity index (χ3v) is 3.02. The summed E-state index contributed by atoms with van der Waals surface area (Å²) >= 11 is 0. The Bertz CT molecular complexity index is 309. The molecule has 0 spiro atoms. The fraction of sp³-hybridized carbons (Fsp3) is 0.727. The van der Waals surface area contributed by atoms with Crippen molar-refractivity contribution in [2.24, 2.45) is 11.7 Å². The molecule has 1 heterocycles. The van der Waals surface area contributed by atoms with E-state index in [1.54, 1.807) is 4.90 Å². The van der Waals surface area contributed by atoms with Gasteiger partial charge in [-0.25, -0.2) is 0 Å². The van der Waals surface area contributed by atoms with Gasteiger partial charge in [0.2, 0.25) is 11.8 Å². The Morgan fingerprint density at radius 2 is 1.82 bits per heavy atom. The molecule has 0 radical (unpaired) electrons. The first-order valence-electron chi connectivity index (χ1n) is 5.68. The van der Waals surface area contributed by atoms with E-state index in [1.165, 1.54) is 7.11 Å². The Balaban J connectivity index is 2.31. The van der Waals surface area contributed by atoms with Gasteiger partial charge in [0.15, 0.2) is 0 Å². The van der Waals surface area contributed by atoms with Gasteiger partial charge in [-0.05, 0) is 12.8 Å². The van der Waals surface area contributed by atoms with Crippen molar-refractivity contribution >= 4 is 17.8 Å². The lowest BCUT2D eigenvalue weighted by Gasteiger charge is -2.30. The molecule has 17 heavy (non-hydrogen) atoms. The Kier molecular flexibility index (Phi) is 4.93. The minimum Gasteiger partial charge on any atom is -0.469 e. The first-order chi connectivity index (χ1) is 8.04. The molecule has 0 aromatic carbocycles. The van der Waals surface area contributed by atoms with Crippen molar-refractivity contribution in [2.45, 2.75) is 25.7 Å². The van der Waals surface area contributed by atoms with Crippen molar-refractivity contribution in [3.8, 4) is 0 Å². The number of hydrogen-bond donors (Lipinski definition) is 1. The number of hydrogen-bond acceptors (Lipinski definition) is 4. The molecule has 0 aromatic rings. The van der Waals surface area contributed by atoms with Crippen LogP contribution < -0.4 is 5.73 Å². The van der Waals surface area contributed by atoms with Crippen LogP contribution in [0.4, 0.5) is 0 Å². The van der Waals surface area contributed by atoms with Gasteiger partial charge in [-0.2, -0.15) is 0 Å². The smallest absolute Gasteiger partial charge is 0.306 e. The number of rotatable bonds is 4. The molecule has 1 aliphatic rings. The standard InChI is InChI=1S/C11H18N2O4/c1-17-10(15)3-2-9(14)13-6-4-8(5-7-13)11(12)16/h8H,2-7H2,1H3,(H2,12,16). The van der Waals surface area contributed by atoms with Gasteiger partial charge in [0, 0.05) is 25.4 Å². The van der Waals surface area contributed by atoms with Gasteiger partial charge < -0.3 is 15.4 Å². The van der Waals surface area contributed by atoms with E-state index in [0.717, 1.165) is 0 Å². The van der Waals surface area contributed by atoms with Crippen LogP contribution in [0.1, 0.15) is 25.7 Å². The highest BCUT2D eigenvalue weighted by Gasteiger charge is 2.25. The van der Waals surface area contributed by atoms with Crippen molar-refractivity contribution in [3.05, 3.63) is 0 Å². The fourth-order valence-electron chi connectivity index (χ4n) is 1.88. The molecule has 0 atom stereocenters. The Labute approximate surface area is 100 Å². The molecule has 0 aliphatic carbocycles. The normalized spacial score (nSPS) is 16.6. The molecule has 0 aromatic heterocycles. The highest BCUT2D eigenvalue weighted by Crippen LogP contribution is 2.17. The molecule has 0 bridgehead atoms. The molecule has 1 saturated heterocycles. The lowest BCUT2D eigenvalue weighted by molar-refractivity contribution is -0.144. The number of ether oxygens (including phenoxy) is 1. The number of nitrogens with zero attached hydrogens (tertiary/aromatic N) is 1. The zero-order valence-corrected chi connectivity index (χ0v) is 9.98. The summed E-state index contributed by atoms with van der Waals surface area (Å²) < 4.78 is 4.47. The van der Waals surface area contributed by atoms with E-state index in [2.05, 4.69) is 4.74 Å². The second-order valence-electron chi connectivity index (χ2n) is 4.13. The molecular formula is C11H18N2O4. The maximum Gasteiger partial charge on any atom is 0.306 e. The number of piperidine rings is 1. The number of esters is 1. The number of carbonyl (C=O) groups is 3. The van der Waals surface area contributed by atoms with Gasteiger partial charge in [0.05, 0.1) is 13.5 Å². The predicted molar refractivity (Wildman–Crippen MR) is 59.7 cm³/mol. The molecule has 2 amide bonds. The fourth-order valence-corrected chi connectivity index (χ4v) is 1.88. The summed E-state index contributed by atoms with van der Waals surface area (Å²) in [6.07, 6.45) is 1.48. The first kappa shape index (κ1) is 13.5. The van der Waals surface area contributed by atoms with Crippen molar-refractivity contribution in [1.82, 2.24) is 4.90 Å². The van der Waals surface area contributed by atoms with E-state index in [0.29, 0.717) is 25.9 Å². The van der Waals surface area contributed by atoms with Crippen LogP contribution in [0.15, 0.2) is 0 Å². The van der Waals surface area contributed by atoms with Gasteiger partial charge in [-0.3, -0.25) is 14.4 Å². The van der Waals surface area contributed by atoms with Crippen LogP contribution >= 0.6 is 0 Å². The quantitative estimate of drug-likeness (QED) is 0.683. The van der Waals surface area contributed by atoms with Crippen molar-refractivity contribution < 1.29 is 19.1 Å². The molecule has 1 rings (SSSR count). The van der Waals surface area contributed by atoms with Gasteiger partial charge in [0.1, 0.15) is 0 Å². The summed E-state index contributed by atoms with van der Waals surface area (Å²) in [5, 5.41) is 0. The van der Waals surface area contributed by atoms with Crippen LogP contribution in [0.5, 0.6) is 0 Å². The Hall–Kier alpha value is -1.59. The zero-order valence-electron chi connectivity index (χ0n) is 9.98. The summed E-state index contributed by atoms with van der Waals surface area (Å²) in [7, 11) is 1.30. The number of nitrogens with two attached hydrogens (primary N) is 1. The first-order valence-corrected chi connectivity index (χ1v) is 5.68. The van der Waals surface area contributed by atoms with E-state index in [-0.39, 0.29) is 36.5 Å². The number of likely N-dealkylation sites (tertiary alicyclic amines) is 1. The summed E-state index contributed by atoms with van der Waals surface area (Å²) in [4.78, 5) is 35.2. The lowest BCUT2D eigenvalue weighted by atomic mass is 9.96. The Morgan fingerprint density at radius 1 is 1.24 bits per heavy atom. The van der Waals surface area contributed by atoms with E-state index in [1.807, 2.05) is 0 Å². The molecule has 6 nitrogen and oxygen atoms in total. The van der Waals surface area contributed by atoms with Crippen LogP contribution in [0, 0.1) is 5.92 Å². The van der Waals surface area contributed by atoms with Gasteiger partial charge in [-0.1, -0.05) is 0 Å². The second-order valence-corrected chi connectivity index (χ2v) is 4.13. The van der Waals surface area contributed by atoms with Crippen molar-refractivity contribution in [2.75, 3.05) is 20.2 Å². The highest BCUT2D eigenvalue weighted by molar-refractivity contribution is 5.82. The van der Waals surface area contributed by atoms with E-state index < -0.39 is 0 Å². The molecule has 2 N–H and O–H groups in total. The predicted octanol–water partition coefficient (Wildman–Crippen LogP) is -0.336. The second kappa shape index (κ2) is 6.22. The molecule has 96 valence electrons. The average molecular weight is 242 g/mol. The largest absolute Gasteiger partial charge is 0.469 e. The third-order valence-electron chi connectivity index (χ3n) is 3.02. The Morgan fingerprint density at radius 3 is 2.29 bits per heavy atom. The molecule has 6 heteroatoms. The van der Waals surface area contributed by atoms with E-state index in [9.17, 15) is 14.4 Å². The highest BCUT2D eigenvalue weighted by atomic mass is 16.5. The van der Waals surface area contributed by atoms with Crippen LogP contribution in [-0.4, -0.2) is 42.9 Å². The summed E-state index contributed by atoms with van der Waals surface area (Å²) in [5.74, 6) is -0.880. The molecule has 0 saturated carbocycles. The van der Waals surface area contributed by atoms with Crippen molar-refractivity contribution in [3.63, 3.8) is 0 Å². The monoisotopic (exact) mass is 242 g/mol. The molecule has 1 aliphatic heterocycles. The van der Waals surface area contributed by atoms with Crippen LogP contribution in [0.2, 0.25) is 0 Å². The third kappa shape index (κ3) is 4.05. The molecule has 1 fully saturated rings. The summed E-state index contributed by atoms with van der Waals surface area (Å²) in [5.41, 5.74) is 5.20. The van der Waals surface area contributed by atoms with Gasteiger partial charge >= 0.3 is 5.97 Å². The molecular weight excluding hydrogens is 224 g/mol. The van der Waals surface area contributed by atoms with Crippen LogP contribution in [0.25, 0.3) is 0 Å². The van der Waals surface area contributed by atoms with Gasteiger partial charge in [0.25, 0.3) is 0 Å². The zero-order chi connectivity index (χ0) is 12.8. The SMILES string of the molecule is COC(=O)CCC(=O)N1CCC(C(N)=O)CC1. The minimum absolute atomic E-state index is 0.0710. The van der Waals surface area contributed by atoms with Crippen LogP contribution in [0.3, 0.4) is 0 Å². The summed E-state index contributed by atoms with van der Waals surface area (Å²) in [6, 6.07) is 0. The summed E-state index contributed by atoms with van der Waals surface area (Å²) in [6.45, 7) is 1.07. The maximum atomic E-state index is 11.7. The number of primary amides is 1. The number of carbonyl (C=O) groups excluding carboxylic acids is 3.